The summed E-state index contributed by atoms with van der Waals surface area (Å²) in [5.74, 6) is -4.92. The van der Waals surface area contributed by atoms with Crippen LogP contribution in [0.3, 0.4) is 0 Å². The first-order chi connectivity index (χ1) is 9.25. The van der Waals surface area contributed by atoms with E-state index < -0.39 is 40.2 Å². The molecule has 2 nitrogen and oxygen atoms in total. The van der Waals surface area contributed by atoms with Gasteiger partial charge in [-0.3, -0.25) is 0 Å². The summed E-state index contributed by atoms with van der Waals surface area (Å²) >= 11 is 0. The van der Waals surface area contributed by atoms with E-state index >= 15 is 0 Å². The molecule has 0 unspecified atom stereocenters. The van der Waals surface area contributed by atoms with Crippen molar-refractivity contribution in [2.24, 2.45) is 0 Å². The predicted molar refractivity (Wildman–Crippen MR) is 60.8 cm³/mol. The van der Waals surface area contributed by atoms with Crippen LogP contribution in [0.1, 0.15) is 12.6 Å². The van der Waals surface area contributed by atoms with Crippen molar-refractivity contribution in [3.05, 3.63) is 35.3 Å². The first kappa shape index (κ1) is 14.4. The highest BCUT2D eigenvalue weighted by molar-refractivity contribution is 5.92. The molecule has 0 aliphatic rings. The van der Waals surface area contributed by atoms with E-state index in [4.69, 9.17) is 0 Å². The molecule has 0 saturated heterocycles. The van der Waals surface area contributed by atoms with Crippen molar-refractivity contribution in [2.45, 2.75) is 13.1 Å². The lowest BCUT2D eigenvalue weighted by atomic mass is 10.1. The zero-order chi connectivity index (χ0) is 15.1. The van der Waals surface area contributed by atoms with Gasteiger partial charge in [0.25, 0.3) is 0 Å². The van der Waals surface area contributed by atoms with Crippen molar-refractivity contribution < 1.29 is 26.3 Å². The fraction of sp³-hybridized carbons (Fsp3) is 0.250. The van der Waals surface area contributed by atoms with Crippen molar-refractivity contribution >= 4 is 16.6 Å². The highest BCUT2D eigenvalue weighted by Crippen LogP contribution is 2.35. The highest BCUT2D eigenvalue weighted by atomic mass is 19.4. The van der Waals surface area contributed by atoms with Crippen LogP contribution in [0.4, 0.5) is 32.0 Å². The van der Waals surface area contributed by atoms with Gasteiger partial charge in [0.1, 0.15) is 5.69 Å². The van der Waals surface area contributed by atoms with Crippen LogP contribution < -0.4 is 5.32 Å². The molecule has 1 heterocycles. The lowest BCUT2D eigenvalue weighted by molar-refractivity contribution is -0.140. The molecule has 0 saturated carbocycles. The minimum Gasteiger partial charge on any atom is -0.385 e. The molecule has 0 amide bonds. The Kier molecular flexibility index (Phi) is 3.49. The standard InChI is InChI=1S/C12H8F6N2/c1-2-19-6-4-8(12(16,17)18)20-7-3-5(13)10(14)11(15)9(6)7/h3-4H,2H2,1H3,(H,19,20). The summed E-state index contributed by atoms with van der Waals surface area (Å²) in [6.07, 6.45) is -4.78. The molecule has 0 aliphatic heterocycles. The summed E-state index contributed by atoms with van der Waals surface area (Å²) in [7, 11) is 0. The maximum atomic E-state index is 13.7. The van der Waals surface area contributed by atoms with E-state index in [1.165, 1.54) is 0 Å². The molecule has 1 N–H and O–H groups in total. The number of anilines is 1. The largest absolute Gasteiger partial charge is 0.433 e. The average molecular weight is 294 g/mol. The van der Waals surface area contributed by atoms with Crippen LogP contribution in [0.25, 0.3) is 10.9 Å². The molecular formula is C12H8F6N2. The Morgan fingerprint density at radius 1 is 1.10 bits per heavy atom. The predicted octanol–water partition coefficient (Wildman–Crippen LogP) is 4.10. The second-order valence-electron chi connectivity index (χ2n) is 3.96. The third-order valence-electron chi connectivity index (χ3n) is 2.59. The quantitative estimate of drug-likeness (QED) is 0.666. The van der Waals surface area contributed by atoms with Gasteiger partial charge in [-0.1, -0.05) is 0 Å². The maximum absolute atomic E-state index is 13.7. The molecule has 1 aromatic heterocycles. The number of hydrogen-bond acceptors (Lipinski definition) is 2. The van der Waals surface area contributed by atoms with Crippen molar-refractivity contribution in [3.63, 3.8) is 0 Å². The Bertz CT molecular complexity index is 665. The zero-order valence-electron chi connectivity index (χ0n) is 10.1. The first-order valence-electron chi connectivity index (χ1n) is 5.55. The van der Waals surface area contributed by atoms with Gasteiger partial charge in [0.15, 0.2) is 17.5 Å². The van der Waals surface area contributed by atoms with Crippen LogP contribution in [0, 0.1) is 17.5 Å². The monoisotopic (exact) mass is 294 g/mol. The van der Waals surface area contributed by atoms with Crippen molar-refractivity contribution in [1.29, 1.82) is 0 Å². The molecule has 8 heteroatoms. The number of hydrogen-bond donors (Lipinski definition) is 1. The molecular weight excluding hydrogens is 286 g/mol. The minimum atomic E-state index is -4.78. The van der Waals surface area contributed by atoms with Gasteiger partial charge < -0.3 is 5.32 Å². The van der Waals surface area contributed by atoms with Gasteiger partial charge in [0.2, 0.25) is 0 Å². The Morgan fingerprint density at radius 2 is 1.75 bits per heavy atom. The normalized spacial score (nSPS) is 11.9. The molecule has 2 aromatic rings. The zero-order valence-corrected chi connectivity index (χ0v) is 10.1. The van der Waals surface area contributed by atoms with Crippen LogP contribution in [-0.2, 0) is 6.18 Å². The number of fused-ring (bicyclic) bond motifs is 1. The maximum Gasteiger partial charge on any atom is 0.433 e. The highest BCUT2D eigenvalue weighted by Gasteiger charge is 2.34. The second kappa shape index (κ2) is 4.84. The molecule has 0 aliphatic carbocycles. The van der Waals surface area contributed by atoms with Gasteiger partial charge in [-0.25, -0.2) is 18.2 Å². The molecule has 108 valence electrons. The molecule has 0 bridgehead atoms. The van der Waals surface area contributed by atoms with E-state index in [0.29, 0.717) is 12.1 Å². The van der Waals surface area contributed by atoms with Crippen molar-refractivity contribution in [3.8, 4) is 0 Å². The molecule has 0 spiro atoms. The van der Waals surface area contributed by atoms with Crippen LogP contribution in [0.15, 0.2) is 12.1 Å². The lowest BCUT2D eigenvalue weighted by Gasteiger charge is -2.13. The molecule has 1 aromatic carbocycles. The Morgan fingerprint density at radius 3 is 2.30 bits per heavy atom. The van der Waals surface area contributed by atoms with Gasteiger partial charge in [0.05, 0.1) is 10.9 Å². The Labute approximate surface area is 109 Å². The summed E-state index contributed by atoms with van der Waals surface area (Å²) in [4.78, 5) is 3.14. The minimum absolute atomic E-state index is 0.175. The van der Waals surface area contributed by atoms with Gasteiger partial charge in [-0.05, 0) is 13.0 Å². The van der Waals surface area contributed by atoms with Gasteiger partial charge >= 0.3 is 6.18 Å². The summed E-state index contributed by atoms with van der Waals surface area (Å²) in [5.41, 5.74) is -2.21. The number of pyridine rings is 1. The van der Waals surface area contributed by atoms with Crippen LogP contribution in [-0.4, -0.2) is 11.5 Å². The molecule has 0 fully saturated rings. The fourth-order valence-electron chi connectivity index (χ4n) is 1.77. The van der Waals surface area contributed by atoms with E-state index in [-0.39, 0.29) is 12.2 Å². The van der Waals surface area contributed by atoms with Crippen LogP contribution in [0.5, 0.6) is 0 Å². The summed E-state index contributed by atoms with van der Waals surface area (Å²) in [5, 5.41) is 1.97. The summed E-state index contributed by atoms with van der Waals surface area (Å²) < 4.78 is 78.0. The van der Waals surface area contributed by atoms with Crippen LogP contribution >= 0.6 is 0 Å². The van der Waals surface area contributed by atoms with Gasteiger partial charge in [-0.15, -0.1) is 0 Å². The average Bonchev–Trinajstić information content (AvgIpc) is 2.34. The summed E-state index contributed by atoms with van der Waals surface area (Å²) in [6.45, 7) is 1.74. The van der Waals surface area contributed by atoms with E-state index in [1.807, 2.05) is 0 Å². The van der Waals surface area contributed by atoms with Gasteiger partial charge in [0, 0.05) is 18.3 Å². The SMILES string of the molecule is CCNc1cc(C(F)(F)F)nc2cc(F)c(F)c(F)c12. The number of rotatable bonds is 2. The smallest absolute Gasteiger partial charge is 0.385 e. The number of halogens is 6. The second-order valence-corrected chi connectivity index (χ2v) is 3.96. The topological polar surface area (TPSA) is 24.9 Å². The van der Waals surface area contributed by atoms with Gasteiger partial charge in [-0.2, -0.15) is 13.2 Å². The van der Waals surface area contributed by atoms with E-state index in [1.54, 1.807) is 6.92 Å². The number of nitrogens with one attached hydrogen (secondary N) is 1. The van der Waals surface area contributed by atoms with E-state index in [2.05, 4.69) is 10.3 Å². The number of benzene rings is 1. The van der Waals surface area contributed by atoms with E-state index in [0.717, 1.165) is 0 Å². The van der Waals surface area contributed by atoms with Crippen LogP contribution in [0.2, 0.25) is 0 Å². The summed E-state index contributed by atoms with van der Waals surface area (Å²) in [6, 6.07) is 0.996. The number of aromatic nitrogens is 1. The molecule has 0 radical (unpaired) electrons. The third kappa shape index (κ3) is 2.37. The molecule has 2 rings (SSSR count). The van der Waals surface area contributed by atoms with E-state index in [9.17, 15) is 26.3 Å². The number of nitrogens with zero attached hydrogens (tertiary/aromatic N) is 1. The lowest BCUT2D eigenvalue weighted by Crippen LogP contribution is -2.11. The Balaban J connectivity index is 2.85. The molecule has 0 atom stereocenters. The Hall–Kier alpha value is -1.99. The third-order valence-corrected chi connectivity index (χ3v) is 2.59. The van der Waals surface area contributed by atoms with Crippen molar-refractivity contribution in [2.75, 3.05) is 11.9 Å². The number of alkyl halides is 3. The first-order valence-corrected chi connectivity index (χ1v) is 5.55. The van der Waals surface area contributed by atoms with Crippen molar-refractivity contribution in [1.82, 2.24) is 4.98 Å². The fourth-order valence-corrected chi connectivity index (χ4v) is 1.77. The molecule has 20 heavy (non-hydrogen) atoms.